The second kappa shape index (κ2) is 1.94. The summed E-state index contributed by atoms with van der Waals surface area (Å²) in [5.74, 6) is 2.44. The second-order valence-electron chi connectivity index (χ2n) is 3.53. The molecule has 2 rings (SSSR count). The Morgan fingerprint density at radius 3 is 2.40 bits per heavy atom. The summed E-state index contributed by atoms with van der Waals surface area (Å²) >= 11 is 0. The van der Waals surface area contributed by atoms with Crippen molar-refractivity contribution in [2.45, 2.75) is 19.3 Å². The van der Waals surface area contributed by atoms with E-state index in [0.29, 0.717) is 5.92 Å². The van der Waals surface area contributed by atoms with Gasteiger partial charge >= 0.3 is 0 Å². The molecule has 1 heteroatoms. The van der Waals surface area contributed by atoms with Crippen molar-refractivity contribution in [3.8, 4) is 0 Å². The molecule has 1 nitrogen and oxygen atoms in total. The molecule has 2 aliphatic rings. The zero-order valence-corrected chi connectivity index (χ0v) is 6.05. The van der Waals surface area contributed by atoms with Crippen molar-refractivity contribution >= 4 is 5.78 Å². The Kier molecular flexibility index (Phi) is 1.19. The van der Waals surface area contributed by atoms with Gasteiger partial charge in [0.2, 0.25) is 0 Å². The summed E-state index contributed by atoms with van der Waals surface area (Å²) in [6.07, 6.45) is 5.17. The van der Waals surface area contributed by atoms with Crippen molar-refractivity contribution < 1.29 is 4.79 Å². The first-order valence-electron chi connectivity index (χ1n) is 3.97. The first-order chi connectivity index (χ1) is 4.81. The number of allylic oxidation sites excluding steroid dienone is 1. The predicted molar refractivity (Wildman–Crippen MR) is 39.5 cm³/mol. The monoisotopic (exact) mass is 136 g/mol. The van der Waals surface area contributed by atoms with Gasteiger partial charge in [0.15, 0.2) is 5.78 Å². The first kappa shape index (κ1) is 6.14. The fourth-order valence-corrected chi connectivity index (χ4v) is 2.11. The predicted octanol–water partition coefficient (Wildman–Crippen LogP) is 1.79. The molecule has 2 unspecified atom stereocenters. The molecule has 54 valence electrons. The number of fused-ring (bicyclic) bond motifs is 1. The molecule has 0 bridgehead atoms. The van der Waals surface area contributed by atoms with Crippen LogP contribution in [0.15, 0.2) is 12.7 Å². The van der Waals surface area contributed by atoms with Gasteiger partial charge in [-0.25, -0.2) is 0 Å². The van der Waals surface area contributed by atoms with Crippen LogP contribution in [0.3, 0.4) is 0 Å². The molecule has 0 N–H and O–H groups in total. The quantitative estimate of drug-likeness (QED) is 0.529. The summed E-state index contributed by atoms with van der Waals surface area (Å²) in [4.78, 5) is 11.1. The molecule has 2 fully saturated rings. The van der Waals surface area contributed by atoms with Gasteiger partial charge in [-0.3, -0.25) is 4.79 Å². The van der Waals surface area contributed by atoms with Crippen molar-refractivity contribution in [3.63, 3.8) is 0 Å². The Balaban J connectivity index is 1.96. The summed E-state index contributed by atoms with van der Waals surface area (Å²) in [6, 6.07) is 0. The Morgan fingerprint density at radius 1 is 1.30 bits per heavy atom. The van der Waals surface area contributed by atoms with E-state index in [2.05, 4.69) is 6.58 Å². The topological polar surface area (TPSA) is 17.1 Å². The number of rotatable bonds is 2. The van der Waals surface area contributed by atoms with Gasteiger partial charge in [0.05, 0.1) is 0 Å². The van der Waals surface area contributed by atoms with Gasteiger partial charge < -0.3 is 0 Å². The van der Waals surface area contributed by atoms with Crippen LogP contribution in [0.2, 0.25) is 0 Å². The van der Waals surface area contributed by atoms with E-state index < -0.39 is 0 Å². The normalized spacial score (nSPS) is 42.6. The van der Waals surface area contributed by atoms with E-state index in [0.717, 1.165) is 24.7 Å². The third kappa shape index (κ3) is 0.808. The van der Waals surface area contributed by atoms with E-state index in [1.807, 2.05) is 0 Å². The van der Waals surface area contributed by atoms with E-state index in [1.54, 1.807) is 0 Å². The summed E-state index contributed by atoms with van der Waals surface area (Å²) in [5.41, 5.74) is 0. The Bertz CT molecular complexity index is 173. The Morgan fingerprint density at radius 2 is 1.90 bits per heavy atom. The van der Waals surface area contributed by atoms with Gasteiger partial charge in [-0.15, -0.1) is 0 Å². The van der Waals surface area contributed by atoms with E-state index in [4.69, 9.17) is 0 Å². The standard InChI is InChI=1S/C9H12O/c1-2-9(10)8-4-6-3-7(6)5-8/h2,6-8H,1,3-5H2. The van der Waals surface area contributed by atoms with E-state index >= 15 is 0 Å². The van der Waals surface area contributed by atoms with Gasteiger partial charge in [-0.2, -0.15) is 0 Å². The lowest BCUT2D eigenvalue weighted by Gasteiger charge is -2.04. The van der Waals surface area contributed by atoms with Crippen LogP contribution in [-0.2, 0) is 4.79 Å². The lowest BCUT2D eigenvalue weighted by Crippen LogP contribution is -2.08. The molecule has 0 radical (unpaired) electrons. The summed E-state index contributed by atoms with van der Waals surface area (Å²) in [6.45, 7) is 3.50. The maximum Gasteiger partial charge on any atom is 0.158 e. The molecule has 10 heavy (non-hydrogen) atoms. The Labute approximate surface area is 61.1 Å². The summed E-state index contributed by atoms with van der Waals surface area (Å²) in [7, 11) is 0. The van der Waals surface area contributed by atoms with Gasteiger partial charge in [0.1, 0.15) is 0 Å². The highest BCUT2D eigenvalue weighted by molar-refractivity contribution is 5.91. The maximum atomic E-state index is 11.1. The summed E-state index contributed by atoms with van der Waals surface area (Å²) < 4.78 is 0. The van der Waals surface area contributed by atoms with Crippen molar-refractivity contribution in [2.75, 3.05) is 0 Å². The average molecular weight is 136 g/mol. The molecule has 0 aliphatic heterocycles. The van der Waals surface area contributed by atoms with Gasteiger partial charge in [0, 0.05) is 5.92 Å². The SMILES string of the molecule is C=CC(=O)C1CC2CC2C1. The van der Waals surface area contributed by atoms with Crippen molar-refractivity contribution in [2.24, 2.45) is 17.8 Å². The lowest BCUT2D eigenvalue weighted by molar-refractivity contribution is -0.118. The highest BCUT2D eigenvalue weighted by Gasteiger charge is 2.47. The molecular formula is C9H12O. The Hall–Kier alpha value is -0.590. The number of carbonyl (C=O) groups excluding carboxylic acids is 1. The van der Waals surface area contributed by atoms with Gasteiger partial charge in [-0.1, -0.05) is 6.58 Å². The van der Waals surface area contributed by atoms with Crippen LogP contribution >= 0.6 is 0 Å². The molecule has 0 aromatic heterocycles. The molecule has 0 heterocycles. The van der Waals surface area contributed by atoms with Gasteiger partial charge in [-0.05, 0) is 37.2 Å². The van der Waals surface area contributed by atoms with Crippen LogP contribution in [0.5, 0.6) is 0 Å². The molecule has 0 saturated heterocycles. The van der Waals surface area contributed by atoms with Crippen molar-refractivity contribution in [1.29, 1.82) is 0 Å². The fourth-order valence-electron chi connectivity index (χ4n) is 2.11. The minimum absolute atomic E-state index is 0.271. The molecule has 0 aromatic rings. The number of ketones is 1. The number of carbonyl (C=O) groups is 1. The van der Waals surface area contributed by atoms with E-state index in [1.165, 1.54) is 12.5 Å². The third-order valence-corrected chi connectivity index (χ3v) is 2.85. The first-order valence-corrected chi connectivity index (χ1v) is 3.97. The van der Waals surface area contributed by atoms with Crippen molar-refractivity contribution in [1.82, 2.24) is 0 Å². The minimum Gasteiger partial charge on any atom is -0.295 e. The van der Waals surface area contributed by atoms with Crippen LogP contribution in [0.4, 0.5) is 0 Å². The zero-order chi connectivity index (χ0) is 7.14. The van der Waals surface area contributed by atoms with Crippen LogP contribution in [0, 0.1) is 17.8 Å². The molecular weight excluding hydrogens is 124 g/mol. The fraction of sp³-hybridized carbons (Fsp3) is 0.667. The van der Waals surface area contributed by atoms with Crippen LogP contribution in [-0.4, -0.2) is 5.78 Å². The molecule has 2 aliphatic carbocycles. The van der Waals surface area contributed by atoms with Gasteiger partial charge in [0.25, 0.3) is 0 Å². The van der Waals surface area contributed by atoms with E-state index in [9.17, 15) is 4.79 Å². The molecule has 0 amide bonds. The van der Waals surface area contributed by atoms with Crippen molar-refractivity contribution in [3.05, 3.63) is 12.7 Å². The molecule has 0 spiro atoms. The maximum absolute atomic E-state index is 11.1. The van der Waals surface area contributed by atoms with Crippen LogP contribution < -0.4 is 0 Å². The van der Waals surface area contributed by atoms with Crippen LogP contribution in [0.25, 0.3) is 0 Å². The highest BCUT2D eigenvalue weighted by atomic mass is 16.1. The average Bonchev–Trinajstić information content (AvgIpc) is 2.57. The molecule has 2 atom stereocenters. The number of hydrogen-bond donors (Lipinski definition) is 0. The third-order valence-electron chi connectivity index (χ3n) is 2.85. The molecule has 2 saturated carbocycles. The molecule has 0 aromatic carbocycles. The van der Waals surface area contributed by atoms with E-state index in [-0.39, 0.29) is 5.78 Å². The lowest BCUT2D eigenvalue weighted by atomic mass is 9.99. The minimum atomic E-state index is 0.271. The number of hydrogen-bond acceptors (Lipinski definition) is 1. The van der Waals surface area contributed by atoms with Crippen LogP contribution in [0.1, 0.15) is 19.3 Å². The smallest absolute Gasteiger partial charge is 0.158 e. The largest absolute Gasteiger partial charge is 0.295 e. The second-order valence-corrected chi connectivity index (χ2v) is 3.53. The zero-order valence-electron chi connectivity index (χ0n) is 6.05. The highest BCUT2D eigenvalue weighted by Crippen LogP contribution is 2.54. The summed E-state index contributed by atoms with van der Waals surface area (Å²) in [5, 5.41) is 0.